The number of carbonyl (C=O) groups excluding carboxylic acids is 2. The molecule has 3 heterocycles. The van der Waals surface area contributed by atoms with Gasteiger partial charge < -0.3 is 9.47 Å². The Morgan fingerprint density at radius 2 is 1.86 bits per heavy atom. The molecule has 1 aromatic heterocycles. The number of pyridine rings is 1. The highest BCUT2D eigenvalue weighted by Crippen LogP contribution is 2.34. The van der Waals surface area contributed by atoms with Gasteiger partial charge in [0.2, 0.25) is 0 Å². The van der Waals surface area contributed by atoms with Crippen molar-refractivity contribution in [2.75, 3.05) is 13.1 Å². The third-order valence-electron chi connectivity index (χ3n) is 5.46. The van der Waals surface area contributed by atoms with Gasteiger partial charge in [0.25, 0.3) is 11.5 Å². The van der Waals surface area contributed by atoms with Crippen molar-refractivity contribution >= 4 is 18.0 Å². The van der Waals surface area contributed by atoms with Crippen molar-refractivity contribution in [1.29, 1.82) is 5.26 Å². The lowest BCUT2D eigenvalue weighted by Gasteiger charge is -2.42. The molecule has 4 rings (SSSR count). The van der Waals surface area contributed by atoms with Crippen LogP contribution in [0, 0.1) is 17.2 Å². The van der Waals surface area contributed by atoms with E-state index in [0.717, 1.165) is 12.1 Å². The Morgan fingerprint density at radius 1 is 1.07 bits per heavy atom. The number of amides is 3. The first-order valence-electron chi connectivity index (χ1n) is 9.52. The van der Waals surface area contributed by atoms with E-state index in [-0.39, 0.29) is 23.0 Å². The third kappa shape index (κ3) is 3.83. The second-order valence-corrected chi connectivity index (χ2v) is 7.44. The summed E-state index contributed by atoms with van der Waals surface area (Å²) in [6.45, 7) is 1.48. The number of likely N-dealkylation sites (tertiary alicyclic amines) is 1. The number of nitriles is 1. The topological polar surface area (TPSA) is 95.2 Å². The number of hydrogen-bond acceptors (Lipinski definition) is 4. The number of carbonyl (C=O) groups is 2. The molecule has 1 N–H and O–H groups in total. The molecular weight excluding hydrogens is 368 g/mol. The molecule has 2 atom stereocenters. The van der Waals surface area contributed by atoms with Crippen LogP contribution in [-0.4, -0.2) is 34.5 Å². The Bertz CT molecular complexity index is 1080. The van der Waals surface area contributed by atoms with Crippen LogP contribution in [0.2, 0.25) is 0 Å². The van der Waals surface area contributed by atoms with Gasteiger partial charge in [0, 0.05) is 37.3 Å². The van der Waals surface area contributed by atoms with Crippen molar-refractivity contribution in [3.8, 4) is 6.07 Å². The van der Waals surface area contributed by atoms with Crippen LogP contribution in [0.1, 0.15) is 23.6 Å². The van der Waals surface area contributed by atoms with E-state index < -0.39 is 11.9 Å². The summed E-state index contributed by atoms with van der Waals surface area (Å²) in [6.07, 6.45) is 2.37. The quantitative estimate of drug-likeness (QED) is 0.630. The highest BCUT2D eigenvalue weighted by molar-refractivity contribution is 6.08. The number of imide groups is 1. The molecule has 146 valence electrons. The van der Waals surface area contributed by atoms with Gasteiger partial charge in [0.15, 0.2) is 0 Å². The molecule has 7 nitrogen and oxygen atoms in total. The summed E-state index contributed by atoms with van der Waals surface area (Å²) in [4.78, 5) is 38.8. The minimum Gasteiger partial charge on any atom is -0.323 e. The Hall–Kier alpha value is -3.66. The molecule has 7 heteroatoms. The van der Waals surface area contributed by atoms with E-state index in [0.29, 0.717) is 25.2 Å². The predicted octanol–water partition coefficient (Wildman–Crippen LogP) is 2.11. The van der Waals surface area contributed by atoms with Gasteiger partial charge >= 0.3 is 6.03 Å². The van der Waals surface area contributed by atoms with Gasteiger partial charge in [-0.1, -0.05) is 36.4 Å². The van der Waals surface area contributed by atoms with Crippen LogP contribution in [0.3, 0.4) is 0 Å². The predicted molar refractivity (Wildman–Crippen MR) is 107 cm³/mol. The first-order chi connectivity index (χ1) is 14.0. The van der Waals surface area contributed by atoms with Gasteiger partial charge in [0.05, 0.1) is 0 Å². The first-order valence-corrected chi connectivity index (χ1v) is 9.52. The summed E-state index contributed by atoms with van der Waals surface area (Å²) in [7, 11) is 0. The zero-order chi connectivity index (χ0) is 20.4. The maximum absolute atomic E-state index is 12.7. The van der Waals surface area contributed by atoms with Crippen molar-refractivity contribution in [2.45, 2.75) is 18.9 Å². The number of aromatic nitrogens is 1. The number of fused-ring (bicyclic) bond motifs is 4. The minimum absolute atomic E-state index is 0.0185. The maximum Gasteiger partial charge on any atom is 0.324 e. The van der Waals surface area contributed by atoms with E-state index in [2.05, 4.69) is 5.32 Å². The van der Waals surface area contributed by atoms with Gasteiger partial charge in [-0.05, 0) is 30.0 Å². The molecule has 2 aliphatic rings. The molecule has 0 radical (unpaired) electrons. The number of piperidine rings is 1. The van der Waals surface area contributed by atoms with E-state index in [4.69, 9.17) is 0 Å². The maximum atomic E-state index is 12.7. The van der Waals surface area contributed by atoms with Crippen molar-refractivity contribution in [2.24, 2.45) is 5.92 Å². The van der Waals surface area contributed by atoms with E-state index >= 15 is 0 Å². The molecule has 0 aliphatic carbocycles. The fraction of sp³-hybridized carbons (Fsp3) is 0.273. The Morgan fingerprint density at radius 3 is 2.62 bits per heavy atom. The summed E-state index contributed by atoms with van der Waals surface area (Å²) in [5.74, 6) is -0.487. The molecule has 2 bridgehead atoms. The molecule has 2 aromatic rings. The molecule has 1 aromatic carbocycles. The molecule has 0 saturated carbocycles. The highest BCUT2D eigenvalue weighted by atomic mass is 16.2. The lowest BCUT2D eigenvalue weighted by atomic mass is 9.83. The number of hydrogen-bond donors (Lipinski definition) is 1. The van der Waals surface area contributed by atoms with Crippen molar-refractivity contribution in [1.82, 2.24) is 14.8 Å². The van der Waals surface area contributed by atoms with E-state index in [1.807, 2.05) is 18.2 Å². The van der Waals surface area contributed by atoms with Crippen LogP contribution >= 0.6 is 0 Å². The van der Waals surface area contributed by atoms with Gasteiger partial charge in [0.1, 0.15) is 11.6 Å². The highest BCUT2D eigenvalue weighted by Gasteiger charge is 2.36. The molecule has 0 unspecified atom stereocenters. The Labute approximate surface area is 167 Å². The van der Waals surface area contributed by atoms with Gasteiger partial charge in [-0.15, -0.1) is 0 Å². The first kappa shape index (κ1) is 18.7. The number of rotatable bonds is 2. The largest absolute Gasteiger partial charge is 0.324 e. The zero-order valence-corrected chi connectivity index (χ0v) is 15.7. The average molecular weight is 388 g/mol. The molecule has 0 spiro atoms. The second kappa shape index (κ2) is 7.76. The van der Waals surface area contributed by atoms with Crippen LogP contribution < -0.4 is 10.9 Å². The lowest BCUT2D eigenvalue weighted by molar-refractivity contribution is -0.116. The van der Waals surface area contributed by atoms with Gasteiger partial charge in [-0.3, -0.25) is 14.9 Å². The number of urea groups is 1. The summed E-state index contributed by atoms with van der Waals surface area (Å²) < 4.78 is 1.79. The molecule has 1 fully saturated rings. The zero-order valence-electron chi connectivity index (χ0n) is 15.7. The lowest BCUT2D eigenvalue weighted by Crippen LogP contribution is -2.52. The molecule has 1 saturated heterocycles. The minimum atomic E-state index is -0.714. The monoisotopic (exact) mass is 388 g/mol. The van der Waals surface area contributed by atoms with Gasteiger partial charge in [-0.2, -0.15) is 5.26 Å². The van der Waals surface area contributed by atoms with Crippen LogP contribution in [0.5, 0.6) is 0 Å². The van der Waals surface area contributed by atoms with Crippen molar-refractivity contribution in [3.63, 3.8) is 0 Å². The fourth-order valence-electron chi connectivity index (χ4n) is 4.17. The molecule has 2 aliphatic heterocycles. The third-order valence-corrected chi connectivity index (χ3v) is 5.46. The van der Waals surface area contributed by atoms with Crippen LogP contribution in [0.15, 0.2) is 58.9 Å². The molecule has 29 heavy (non-hydrogen) atoms. The van der Waals surface area contributed by atoms with E-state index in [1.165, 1.54) is 6.08 Å². The summed E-state index contributed by atoms with van der Waals surface area (Å²) in [5.41, 5.74) is 1.49. The van der Waals surface area contributed by atoms with E-state index in [1.54, 1.807) is 45.9 Å². The van der Waals surface area contributed by atoms with Crippen LogP contribution in [0.25, 0.3) is 6.08 Å². The summed E-state index contributed by atoms with van der Waals surface area (Å²) in [5, 5.41) is 11.6. The molecular formula is C22H20N4O3. The van der Waals surface area contributed by atoms with Crippen molar-refractivity contribution in [3.05, 3.63) is 75.7 Å². The SMILES string of the molecule is N#C/C(=C/c1ccccc1)C(=O)NC(=O)N1C[C@H]2C[C@H](C1)c1cccc(=O)n1C2. The fourth-order valence-corrected chi connectivity index (χ4v) is 4.17. The summed E-state index contributed by atoms with van der Waals surface area (Å²) >= 11 is 0. The number of nitrogens with one attached hydrogen (secondary N) is 1. The molecule has 3 amide bonds. The smallest absolute Gasteiger partial charge is 0.323 e. The number of nitrogens with zero attached hydrogens (tertiary/aromatic N) is 3. The van der Waals surface area contributed by atoms with Crippen LogP contribution in [-0.2, 0) is 11.3 Å². The van der Waals surface area contributed by atoms with Crippen molar-refractivity contribution < 1.29 is 9.59 Å². The number of benzene rings is 1. The second-order valence-electron chi connectivity index (χ2n) is 7.44. The van der Waals surface area contributed by atoms with E-state index in [9.17, 15) is 19.6 Å². The normalized spacial score (nSPS) is 20.4. The van der Waals surface area contributed by atoms with Gasteiger partial charge in [-0.25, -0.2) is 4.79 Å². The Balaban J connectivity index is 1.47. The standard InChI is InChI=1S/C22H20N4O3/c23-11-17(9-15-5-2-1-3-6-15)21(28)24-22(29)25-12-16-10-18(14-25)19-7-4-8-20(27)26(19)13-16/h1-9,16,18H,10,12-14H2,(H,24,28,29)/b17-9-/t16-,18-/m1/s1. The Kier molecular flexibility index (Phi) is 5.00. The average Bonchev–Trinajstić information content (AvgIpc) is 2.73. The van der Waals surface area contributed by atoms with Crippen LogP contribution in [0.4, 0.5) is 4.79 Å². The summed E-state index contributed by atoms with van der Waals surface area (Å²) in [6, 6.07) is 15.6.